The van der Waals surface area contributed by atoms with Crippen molar-refractivity contribution in [1.82, 2.24) is 14.3 Å². The minimum atomic E-state index is -3.77. The molecule has 8 heteroatoms. The molecule has 0 aliphatic rings. The number of carbonyl (C=O) groups is 1. The maximum atomic E-state index is 12.0. The molecule has 0 fully saturated rings. The molecule has 0 aliphatic carbocycles. The number of sulfonamides is 1. The summed E-state index contributed by atoms with van der Waals surface area (Å²) in [5.74, 6) is -0.992. The van der Waals surface area contributed by atoms with Crippen LogP contribution < -0.4 is 4.72 Å². The van der Waals surface area contributed by atoms with E-state index in [0.29, 0.717) is 12.2 Å². The molecule has 1 atom stereocenters. The Morgan fingerprint density at radius 2 is 2.10 bits per heavy atom. The molecule has 0 saturated carbocycles. The van der Waals surface area contributed by atoms with Gasteiger partial charge in [-0.3, -0.25) is 4.79 Å². The Labute approximate surface area is 119 Å². The largest absolute Gasteiger partial charge is 0.481 e. The number of imidazole rings is 1. The SMILES string of the molecule is Cc1nc(S(=O)(=O)NCC(CC(C)C)C(=O)O)cn1C. The van der Waals surface area contributed by atoms with Gasteiger partial charge in [-0.2, -0.15) is 0 Å². The molecule has 1 rings (SSSR count). The molecule has 20 heavy (non-hydrogen) atoms. The third-order valence-corrected chi connectivity index (χ3v) is 4.28. The highest BCUT2D eigenvalue weighted by molar-refractivity contribution is 7.89. The molecular formula is C12H21N3O4S. The van der Waals surface area contributed by atoms with E-state index in [0.717, 1.165) is 0 Å². The predicted octanol–water partition coefficient (Wildman–Crippen LogP) is 0.754. The van der Waals surface area contributed by atoms with Gasteiger partial charge < -0.3 is 9.67 Å². The zero-order chi connectivity index (χ0) is 15.5. The van der Waals surface area contributed by atoms with Crippen LogP contribution in [0.25, 0.3) is 0 Å². The summed E-state index contributed by atoms with van der Waals surface area (Å²) in [5, 5.41) is 8.99. The van der Waals surface area contributed by atoms with Crippen molar-refractivity contribution in [3.8, 4) is 0 Å². The van der Waals surface area contributed by atoms with Crippen LogP contribution >= 0.6 is 0 Å². The van der Waals surface area contributed by atoms with Gasteiger partial charge >= 0.3 is 5.97 Å². The first-order chi connectivity index (χ1) is 9.13. The number of hydrogen-bond donors (Lipinski definition) is 2. The molecule has 0 bridgehead atoms. The summed E-state index contributed by atoms with van der Waals surface area (Å²) < 4.78 is 28.0. The molecule has 7 nitrogen and oxygen atoms in total. The van der Waals surface area contributed by atoms with Crippen molar-refractivity contribution in [3.05, 3.63) is 12.0 Å². The molecule has 0 saturated heterocycles. The molecule has 1 aromatic heterocycles. The summed E-state index contributed by atoms with van der Waals surface area (Å²) in [6, 6.07) is 0. The van der Waals surface area contributed by atoms with Crippen molar-refractivity contribution in [2.45, 2.75) is 32.2 Å². The molecule has 114 valence electrons. The molecule has 0 amide bonds. The second kappa shape index (κ2) is 6.36. The summed E-state index contributed by atoms with van der Waals surface area (Å²) in [5.41, 5.74) is 0. The lowest BCUT2D eigenvalue weighted by atomic mass is 9.98. The van der Waals surface area contributed by atoms with Crippen LogP contribution in [0.1, 0.15) is 26.1 Å². The van der Waals surface area contributed by atoms with Gasteiger partial charge in [0.1, 0.15) is 5.82 Å². The first-order valence-corrected chi connectivity index (χ1v) is 7.84. The van der Waals surface area contributed by atoms with Gasteiger partial charge in [-0.1, -0.05) is 13.8 Å². The smallest absolute Gasteiger partial charge is 0.307 e. The van der Waals surface area contributed by atoms with Gasteiger partial charge in [0.05, 0.1) is 5.92 Å². The van der Waals surface area contributed by atoms with E-state index in [9.17, 15) is 13.2 Å². The topological polar surface area (TPSA) is 101 Å². The third-order valence-electron chi connectivity index (χ3n) is 2.99. The van der Waals surface area contributed by atoms with Crippen LogP contribution in [0, 0.1) is 18.8 Å². The molecular weight excluding hydrogens is 282 g/mol. The van der Waals surface area contributed by atoms with Gasteiger partial charge in [-0.15, -0.1) is 0 Å². The fourth-order valence-electron chi connectivity index (χ4n) is 1.78. The van der Waals surface area contributed by atoms with Gasteiger partial charge in [0.2, 0.25) is 0 Å². The molecule has 0 aromatic carbocycles. The minimum Gasteiger partial charge on any atom is -0.481 e. The normalized spacial score (nSPS) is 13.7. The van der Waals surface area contributed by atoms with E-state index < -0.39 is 21.9 Å². The van der Waals surface area contributed by atoms with E-state index >= 15 is 0 Å². The van der Waals surface area contributed by atoms with Crippen molar-refractivity contribution < 1.29 is 18.3 Å². The second-order valence-corrected chi connectivity index (χ2v) is 6.97. The van der Waals surface area contributed by atoms with Crippen LogP contribution in [0.2, 0.25) is 0 Å². The van der Waals surface area contributed by atoms with Crippen molar-refractivity contribution in [1.29, 1.82) is 0 Å². The standard InChI is InChI=1S/C12H21N3O4S/c1-8(2)5-10(12(16)17)6-13-20(18,19)11-7-15(4)9(3)14-11/h7-8,10,13H,5-6H2,1-4H3,(H,16,17). The number of carboxylic acids is 1. The summed E-state index contributed by atoms with van der Waals surface area (Å²) in [6.07, 6.45) is 1.81. The zero-order valence-electron chi connectivity index (χ0n) is 12.1. The van der Waals surface area contributed by atoms with E-state index in [2.05, 4.69) is 9.71 Å². The van der Waals surface area contributed by atoms with Crippen LogP contribution in [-0.2, 0) is 21.9 Å². The zero-order valence-corrected chi connectivity index (χ0v) is 12.9. The van der Waals surface area contributed by atoms with E-state index in [1.54, 1.807) is 18.5 Å². The molecule has 2 N–H and O–H groups in total. The lowest BCUT2D eigenvalue weighted by Crippen LogP contribution is -2.33. The average molecular weight is 303 g/mol. The van der Waals surface area contributed by atoms with E-state index in [1.807, 2.05) is 13.8 Å². The molecule has 0 aliphatic heterocycles. The Morgan fingerprint density at radius 3 is 2.50 bits per heavy atom. The van der Waals surface area contributed by atoms with E-state index in [1.165, 1.54) is 6.20 Å². The fraction of sp³-hybridized carbons (Fsp3) is 0.667. The maximum Gasteiger partial charge on any atom is 0.307 e. The first-order valence-electron chi connectivity index (χ1n) is 6.36. The Balaban J connectivity index is 2.78. The summed E-state index contributed by atoms with van der Waals surface area (Å²) in [6.45, 7) is 5.35. The van der Waals surface area contributed by atoms with Crippen molar-refractivity contribution in [2.24, 2.45) is 18.9 Å². The fourth-order valence-corrected chi connectivity index (χ4v) is 2.90. The Kier molecular flexibility index (Phi) is 5.29. The van der Waals surface area contributed by atoms with E-state index in [-0.39, 0.29) is 17.5 Å². The van der Waals surface area contributed by atoms with Crippen molar-refractivity contribution in [3.63, 3.8) is 0 Å². The Bertz CT molecular complexity index is 558. The van der Waals surface area contributed by atoms with Crippen LogP contribution in [0.5, 0.6) is 0 Å². The molecule has 1 aromatic rings. The average Bonchev–Trinajstić information content (AvgIpc) is 2.65. The van der Waals surface area contributed by atoms with Crippen LogP contribution in [-0.4, -0.2) is 35.6 Å². The third kappa shape index (κ3) is 4.31. The van der Waals surface area contributed by atoms with Crippen LogP contribution in [0.15, 0.2) is 11.2 Å². The van der Waals surface area contributed by atoms with Crippen molar-refractivity contribution in [2.75, 3.05) is 6.54 Å². The number of aryl methyl sites for hydroxylation is 2. The van der Waals surface area contributed by atoms with Crippen LogP contribution in [0.3, 0.4) is 0 Å². The van der Waals surface area contributed by atoms with E-state index in [4.69, 9.17) is 5.11 Å². The van der Waals surface area contributed by atoms with Crippen molar-refractivity contribution >= 4 is 16.0 Å². The number of nitrogens with one attached hydrogen (secondary N) is 1. The number of hydrogen-bond acceptors (Lipinski definition) is 4. The van der Waals surface area contributed by atoms with Gasteiger partial charge in [-0.25, -0.2) is 18.1 Å². The van der Waals surface area contributed by atoms with Crippen LogP contribution in [0.4, 0.5) is 0 Å². The quantitative estimate of drug-likeness (QED) is 0.774. The number of aromatic nitrogens is 2. The highest BCUT2D eigenvalue weighted by Gasteiger charge is 2.24. The number of nitrogens with zero attached hydrogens (tertiary/aromatic N) is 2. The first kappa shape index (κ1) is 16.6. The lowest BCUT2D eigenvalue weighted by molar-refractivity contribution is -0.142. The number of carboxylic acid groups (broad SMARTS) is 1. The summed E-state index contributed by atoms with van der Waals surface area (Å²) >= 11 is 0. The predicted molar refractivity (Wildman–Crippen MR) is 73.7 cm³/mol. The maximum absolute atomic E-state index is 12.0. The highest BCUT2D eigenvalue weighted by Crippen LogP contribution is 2.13. The lowest BCUT2D eigenvalue weighted by Gasteiger charge is -2.14. The summed E-state index contributed by atoms with van der Waals surface area (Å²) in [7, 11) is -2.08. The van der Waals surface area contributed by atoms with Gasteiger partial charge in [0.15, 0.2) is 5.03 Å². The number of rotatable bonds is 7. The minimum absolute atomic E-state index is 0.0915. The molecule has 0 radical (unpaired) electrons. The van der Waals surface area contributed by atoms with Gasteiger partial charge in [0.25, 0.3) is 10.0 Å². The Hall–Kier alpha value is -1.41. The second-order valence-electron chi connectivity index (χ2n) is 5.25. The summed E-state index contributed by atoms with van der Waals surface area (Å²) in [4.78, 5) is 15.0. The Morgan fingerprint density at radius 1 is 1.50 bits per heavy atom. The molecule has 0 spiro atoms. The molecule has 1 unspecified atom stereocenters. The van der Waals surface area contributed by atoms with Gasteiger partial charge in [0, 0.05) is 19.8 Å². The monoisotopic (exact) mass is 303 g/mol. The van der Waals surface area contributed by atoms with Gasteiger partial charge in [-0.05, 0) is 19.3 Å². The highest BCUT2D eigenvalue weighted by atomic mass is 32.2. The number of aliphatic carboxylic acids is 1. The molecule has 1 heterocycles.